The fourth-order valence-corrected chi connectivity index (χ4v) is 4.56. The highest BCUT2D eigenvalue weighted by Crippen LogP contribution is 2.39. The Kier molecular flexibility index (Phi) is 9.71. The molecule has 7 heteroatoms. The Morgan fingerprint density at radius 2 is 1.24 bits per heavy atom. The molecule has 0 aliphatic rings. The molecule has 0 amide bonds. The van der Waals surface area contributed by atoms with Gasteiger partial charge in [-0.15, -0.1) is 0 Å². The second-order valence-electron chi connectivity index (χ2n) is 8.53. The highest BCUT2D eigenvalue weighted by molar-refractivity contribution is 9.10. The molecule has 2 rings (SSSR count). The van der Waals surface area contributed by atoms with E-state index >= 15 is 0 Å². The molecule has 0 aliphatic carbocycles. The molecule has 0 aliphatic heterocycles. The number of halogens is 1. The molecule has 2 aromatic rings. The Morgan fingerprint density at radius 3 is 1.74 bits per heavy atom. The maximum Gasteiger partial charge on any atom is 0.344 e. The topological polar surface area (TPSA) is 71.1 Å². The first-order valence-electron chi connectivity index (χ1n) is 11.4. The van der Waals surface area contributed by atoms with Crippen LogP contribution in [0.1, 0.15) is 79.4 Å². The van der Waals surface area contributed by atoms with Gasteiger partial charge in [0, 0.05) is 7.11 Å². The molecule has 0 heterocycles. The fraction of sp³-hybridized carbons (Fsp3) is 0.481. The van der Waals surface area contributed by atoms with Crippen molar-refractivity contribution in [1.82, 2.24) is 0 Å². The minimum Gasteiger partial charge on any atom is -0.492 e. The van der Waals surface area contributed by atoms with E-state index in [0.29, 0.717) is 45.7 Å². The van der Waals surface area contributed by atoms with E-state index in [9.17, 15) is 9.59 Å². The number of benzene rings is 2. The Morgan fingerprint density at radius 1 is 0.735 bits per heavy atom. The van der Waals surface area contributed by atoms with Gasteiger partial charge in [-0.1, -0.05) is 13.3 Å². The molecular weight excluding hydrogens is 500 g/mol. The fourth-order valence-electron chi connectivity index (χ4n) is 3.95. The summed E-state index contributed by atoms with van der Waals surface area (Å²) in [5, 5.41) is 0. The number of ether oxygens (including phenoxy) is 4. The molecule has 186 valence electrons. The van der Waals surface area contributed by atoms with E-state index in [1.165, 1.54) is 7.11 Å². The predicted molar refractivity (Wildman–Crippen MR) is 136 cm³/mol. The van der Waals surface area contributed by atoms with Crippen molar-refractivity contribution in [3.05, 3.63) is 54.5 Å². The third-order valence-corrected chi connectivity index (χ3v) is 7.35. The molecule has 0 saturated heterocycles. The van der Waals surface area contributed by atoms with Crippen molar-refractivity contribution in [3.8, 4) is 11.5 Å². The van der Waals surface area contributed by atoms with Crippen LogP contribution in [-0.4, -0.2) is 32.4 Å². The second kappa shape index (κ2) is 11.8. The number of carbonyl (C=O) groups is 2. The molecule has 0 bridgehead atoms. The van der Waals surface area contributed by atoms with Crippen LogP contribution in [-0.2, 0) is 9.47 Å². The van der Waals surface area contributed by atoms with E-state index in [1.807, 2.05) is 48.5 Å². The second-order valence-corrected chi connectivity index (χ2v) is 9.32. The van der Waals surface area contributed by atoms with Gasteiger partial charge >= 0.3 is 11.9 Å². The molecule has 0 atom stereocenters. The number of hydrogen-bond acceptors (Lipinski definition) is 6. The van der Waals surface area contributed by atoms with Gasteiger partial charge in [0.05, 0.1) is 22.2 Å². The van der Waals surface area contributed by atoms with Crippen LogP contribution < -0.4 is 9.47 Å². The van der Waals surface area contributed by atoms with E-state index in [-0.39, 0.29) is 6.79 Å². The van der Waals surface area contributed by atoms with Gasteiger partial charge in [0.15, 0.2) is 6.79 Å². The molecule has 34 heavy (non-hydrogen) atoms. The van der Waals surface area contributed by atoms with Gasteiger partial charge in [-0.3, -0.25) is 0 Å². The van der Waals surface area contributed by atoms with Gasteiger partial charge < -0.3 is 18.9 Å². The maximum atomic E-state index is 13.4. The standard InChI is InChI=1S/C27H35BrO6/c1-10-11-12-32-25-19(7)16(4)22(20(8)23(25)28)27(30)34-24-17(5)14(2)21(15(3)18(24)6)26(29)33-13-31-9/h10-13H2,1-9H3. The van der Waals surface area contributed by atoms with Crippen LogP contribution in [0.25, 0.3) is 0 Å². The first kappa shape index (κ1) is 27.9. The summed E-state index contributed by atoms with van der Waals surface area (Å²) >= 11 is 3.63. The SMILES string of the molecule is CCCCOc1c(C)c(C)c(C(=O)Oc2c(C)c(C)c(C(=O)OCOC)c(C)c2C)c(C)c1Br. The lowest BCUT2D eigenvalue weighted by Crippen LogP contribution is -2.18. The molecule has 2 aromatic carbocycles. The molecular formula is C27H35BrO6. The van der Waals surface area contributed by atoms with Crippen molar-refractivity contribution in [2.75, 3.05) is 20.5 Å². The zero-order valence-electron chi connectivity index (χ0n) is 21.7. The smallest absolute Gasteiger partial charge is 0.344 e. The normalized spacial score (nSPS) is 10.9. The lowest BCUT2D eigenvalue weighted by Gasteiger charge is -2.21. The number of rotatable bonds is 9. The molecule has 6 nitrogen and oxygen atoms in total. The average Bonchev–Trinajstić information content (AvgIpc) is 2.80. The Labute approximate surface area is 211 Å². The van der Waals surface area contributed by atoms with Crippen LogP contribution >= 0.6 is 15.9 Å². The summed E-state index contributed by atoms with van der Waals surface area (Å²) in [7, 11) is 1.46. The van der Waals surface area contributed by atoms with Crippen LogP contribution in [0.15, 0.2) is 4.47 Å². The Bertz CT molecular complexity index is 1050. The molecule has 0 N–H and O–H groups in total. The molecule has 0 fully saturated rings. The van der Waals surface area contributed by atoms with E-state index in [0.717, 1.165) is 39.8 Å². The number of unbranched alkanes of at least 4 members (excludes halogenated alkanes) is 1. The van der Waals surface area contributed by atoms with Crippen LogP contribution in [0, 0.1) is 48.5 Å². The van der Waals surface area contributed by atoms with Crippen LogP contribution in [0.5, 0.6) is 11.5 Å². The minimum atomic E-state index is -0.467. The van der Waals surface area contributed by atoms with Crippen LogP contribution in [0.4, 0.5) is 0 Å². The van der Waals surface area contributed by atoms with Crippen molar-refractivity contribution in [2.24, 2.45) is 0 Å². The number of methoxy groups -OCH3 is 1. The molecule has 0 aromatic heterocycles. The molecule has 0 radical (unpaired) electrons. The van der Waals surface area contributed by atoms with Crippen molar-refractivity contribution in [1.29, 1.82) is 0 Å². The van der Waals surface area contributed by atoms with Gasteiger partial charge in [-0.05, 0) is 110 Å². The summed E-state index contributed by atoms with van der Waals surface area (Å²) in [6.07, 6.45) is 2.00. The monoisotopic (exact) mass is 534 g/mol. The predicted octanol–water partition coefficient (Wildman–Crippen LogP) is 6.77. The molecule has 0 unspecified atom stereocenters. The Balaban J connectivity index is 2.49. The zero-order chi connectivity index (χ0) is 25.7. The third kappa shape index (κ3) is 5.47. The average molecular weight is 535 g/mol. The van der Waals surface area contributed by atoms with E-state index in [1.54, 1.807) is 0 Å². The highest BCUT2D eigenvalue weighted by atomic mass is 79.9. The molecule has 0 saturated carbocycles. The van der Waals surface area contributed by atoms with Gasteiger partial charge in [-0.2, -0.15) is 0 Å². The number of carbonyl (C=O) groups excluding carboxylic acids is 2. The van der Waals surface area contributed by atoms with E-state index in [4.69, 9.17) is 18.9 Å². The maximum absolute atomic E-state index is 13.4. The first-order chi connectivity index (χ1) is 16.0. The summed E-state index contributed by atoms with van der Waals surface area (Å²) in [5.74, 6) is 0.307. The zero-order valence-corrected chi connectivity index (χ0v) is 23.2. The van der Waals surface area contributed by atoms with Crippen molar-refractivity contribution in [3.63, 3.8) is 0 Å². The van der Waals surface area contributed by atoms with Crippen molar-refractivity contribution in [2.45, 2.75) is 68.2 Å². The van der Waals surface area contributed by atoms with E-state index in [2.05, 4.69) is 22.9 Å². The van der Waals surface area contributed by atoms with Gasteiger partial charge in [-0.25, -0.2) is 9.59 Å². The lowest BCUT2D eigenvalue weighted by atomic mass is 9.92. The summed E-state index contributed by atoms with van der Waals surface area (Å²) in [6.45, 7) is 15.7. The molecule has 0 spiro atoms. The van der Waals surface area contributed by atoms with Crippen LogP contribution in [0.3, 0.4) is 0 Å². The van der Waals surface area contributed by atoms with E-state index < -0.39 is 11.9 Å². The quantitative estimate of drug-likeness (QED) is 0.153. The van der Waals surface area contributed by atoms with Crippen molar-refractivity contribution >= 4 is 27.9 Å². The van der Waals surface area contributed by atoms with Crippen molar-refractivity contribution < 1.29 is 28.5 Å². The minimum absolute atomic E-state index is 0.127. The summed E-state index contributed by atoms with van der Waals surface area (Å²) in [5.41, 5.74) is 6.30. The summed E-state index contributed by atoms with van der Waals surface area (Å²) < 4.78 is 22.7. The highest BCUT2D eigenvalue weighted by Gasteiger charge is 2.27. The largest absolute Gasteiger partial charge is 0.492 e. The lowest BCUT2D eigenvalue weighted by molar-refractivity contribution is -0.0126. The summed E-state index contributed by atoms with van der Waals surface area (Å²) in [4.78, 5) is 26.0. The van der Waals surface area contributed by atoms with Crippen LogP contribution in [0.2, 0.25) is 0 Å². The number of hydrogen-bond donors (Lipinski definition) is 0. The van der Waals surface area contributed by atoms with Gasteiger partial charge in [0.1, 0.15) is 11.5 Å². The third-order valence-electron chi connectivity index (χ3n) is 6.39. The Hall–Kier alpha value is -2.38. The van der Waals surface area contributed by atoms with Gasteiger partial charge in [0.25, 0.3) is 0 Å². The number of esters is 2. The first-order valence-corrected chi connectivity index (χ1v) is 12.2. The summed E-state index contributed by atoms with van der Waals surface area (Å²) in [6, 6.07) is 0. The van der Waals surface area contributed by atoms with Gasteiger partial charge in [0.2, 0.25) is 0 Å².